The predicted octanol–water partition coefficient (Wildman–Crippen LogP) is 4.55. The molecule has 1 saturated heterocycles. The van der Waals surface area contributed by atoms with Gasteiger partial charge in [-0.15, -0.1) is 10.2 Å². The number of rotatable bonds is 7. The van der Waals surface area contributed by atoms with Crippen molar-refractivity contribution in [3.63, 3.8) is 0 Å². The Hall–Kier alpha value is -4.17. The Labute approximate surface area is 214 Å². The first-order valence-corrected chi connectivity index (χ1v) is 12.8. The van der Waals surface area contributed by atoms with Crippen molar-refractivity contribution >= 4 is 22.4 Å². The van der Waals surface area contributed by atoms with Crippen molar-refractivity contribution in [2.45, 2.75) is 37.2 Å². The average molecular weight is 490 g/mol. The molecule has 8 heteroatoms. The summed E-state index contributed by atoms with van der Waals surface area (Å²) < 4.78 is 7.51. The van der Waals surface area contributed by atoms with Gasteiger partial charge in [0.2, 0.25) is 0 Å². The second-order valence-electron chi connectivity index (χ2n) is 9.94. The molecular formula is C29H27N7O. The third-order valence-corrected chi connectivity index (χ3v) is 7.56. The van der Waals surface area contributed by atoms with Crippen LogP contribution >= 0.6 is 0 Å². The molecule has 0 bridgehead atoms. The van der Waals surface area contributed by atoms with Crippen LogP contribution in [0.2, 0.25) is 0 Å². The van der Waals surface area contributed by atoms with Crippen molar-refractivity contribution in [2.75, 3.05) is 13.2 Å². The van der Waals surface area contributed by atoms with E-state index in [-0.39, 0.29) is 11.5 Å². The van der Waals surface area contributed by atoms with Crippen LogP contribution in [0, 0.1) is 0 Å². The largest absolute Gasteiger partial charge is 0.382 e. The summed E-state index contributed by atoms with van der Waals surface area (Å²) >= 11 is 0. The van der Waals surface area contributed by atoms with Gasteiger partial charge in [0.25, 0.3) is 5.78 Å². The molecule has 2 aliphatic rings. The van der Waals surface area contributed by atoms with E-state index in [4.69, 9.17) is 9.84 Å². The molecule has 37 heavy (non-hydrogen) atoms. The van der Waals surface area contributed by atoms with E-state index in [2.05, 4.69) is 80.6 Å². The lowest BCUT2D eigenvalue weighted by atomic mass is 9.94. The lowest BCUT2D eigenvalue weighted by molar-refractivity contribution is 0.113. The van der Waals surface area contributed by atoms with Crippen LogP contribution in [-0.2, 0) is 10.2 Å². The number of nitrogens with one attached hydrogen (secondary N) is 1. The minimum Gasteiger partial charge on any atom is -0.382 e. The van der Waals surface area contributed by atoms with Crippen LogP contribution in [0.15, 0.2) is 73.6 Å². The maximum Gasteiger partial charge on any atom is 0.271 e. The number of aromatic nitrogens is 6. The molecule has 3 aromatic heterocycles. The van der Waals surface area contributed by atoms with Crippen LogP contribution in [0.5, 0.6) is 0 Å². The van der Waals surface area contributed by atoms with Gasteiger partial charge in [0.1, 0.15) is 5.69 Å². The molecule has 7 rings (SSSR count). The molecule has 0 radical (unpaired) electrons. The maximum atomic E-state index is 5.70. The van der Waals surface area contributed by atoms with Gasteiger partial charge in [-0.25, -0.2) is 4.98 Å². The Balaban J connectivity index is 1.17. The summed E-state index contributed by atoms with van der Waals surface area (Å²) in [6.45, 7) is 5.84. The molecule has 0 amide bonds. The summed E-state index contributed by atoms with van der Waals surface area (Å²) in [5, 5.41) is 18.3. The monoisotopic (exact) mass is 489 g/mol. The van der Waals surface area contributed by atoms with Gasteiger partial charge in [-0.3, -0.25) is 4.98 Å². The molecule has 1 aliphatic carbocycles. The van der Waals surface area contributed by atoms with Crippen LogP contribution in [0.25, 0.3) is 33.6 Å². The molecule has 5 aromatic rings. The van der Waals surface area contributed by atoms with E-state index in [0.29, 0.717) is 5.78 Å². The molecule has 1 saturated carbocycles. The zero-order chi connectivity index (χ0) is 24.8. The highest BCUT2D eigenvalue weighted by Crippen LogP contribution is 2.53. The summed E-state index contributed by atoms with van der Waals surface area (Å²) in [4.78, 5) is 9.02. The molecule has 1 N–H and O–H groups in total. The number of hydrogen-bond acceptors (Lipinski definition) is 7. The average Bonchev–Trinajstić information content (AvgIpc) is 3.37. The third-order valence-electron chi connectivity index (χ3n) is 7.56. The second-order valence-corrected chi connectivity index (χ2v) is 9.94. The first-order valence-electron chi connectivity index (χ1n) is 12.8. The smallest absolute Gasteiger partial charge is 0.271 e. The summed E-state index contributed by atoms with van der Waals surface area (Å²) in [7, 11) is 0. The lowest BCUT2D eigenvalue weighted by Crippen LogP contribution is -2.24. The molecule has 1 atom stereocenters. The van der Waals surface area contributed by atoms with Crippen molar-refractivity contribution in [2.24, 2.45) is 0 Å². The Morgan fingerprint density at radius 1 is 1.08 bits per heavy atom. The molecule has 8 nitrogen and oxygen atoms in total. The van der Waals surface area contributed by atoms with Crippen molar-refractivity contribution in [3.8, 4) is 11.3 Å². The van der Waals surface area contributed by atoms with E-state index in [1.807, 2.05) is 16.8 Å². The molecule has 4 heterocycles. The summed E-state index contributed by atoms with van der Waals surface area (Å²) in [6, 6.07) is 18.7. The number of hydrogen-bond donors (Lipinski definition) is 1. The van der Waals surface area contributed by atoms with Crippen LogP contribution in [0.1, 0.15) is 42.6 Å². The van der Waals surface area contributed by atoms with E-state index >= 15 is 0 Å². The summed E-state index contributed by atoms with van der Waals surface area (Å²) in [5.41, 5.74) is 5.70. The minimum atomic E-state index is -0.201. The molecule has 0 spiro atoms. The Bertz CT molecular complexity index is 1620. The van der Waals surface area contributed by atoms with E-state index < -0.39 is 0 Å². The van der Waals surface area contributed by atoms with Gasteiger partial charge in [0, 0.05) is 36.0 Å². The highest BCUT2D eigenvalue weighted by atomic mass is 16.5. The van der Waals surface area contributed by atoms with Gasteiger partial charge in [-0.2, -0.15) is 9.61 Å². The van der Waals surface area contributed by atoms with Crippen LogP contribution in [0.4, 0.5) is 0 Å². The van der Waals surface area contributed by atoms with Crippen molar-refractivity contribution in [1.29, 1.82) is 0 Å². The van der Waals surface area contributed by atoms with Crippen LogP contribution in [-0.4, -0.2) is 49.0 Å². The van der Waals surface area contributed by atoms with Crippen molar-refractivity contribution < 1.29 is 4.74 Å². The van der Waals surface area contributed by atoms with E-state index in [9.17, 15) is 0 Å². The summed E-state index contributed by atoms with van der Waals surface area (Å²) in [6.07, 6.45) is 8.09. The fraction of sp³-hybridized carbons (Fsp3) is 0.276. The standard InChI is InChI=1S/C29H27N7O/c1-19(31-17-24-5-3-15-37-24)20-6-8-21(9-7-20)26-18-32-28-34-33-27(36(28)35-26)29(12-13-29)23-10-11-25-22(16-23)4-2-14-30-25/h2,4,6-11,14,16,18,24,31H,1,3,5,12-13,15,17H2/t24-/m0/s1. The van der Waals surface area contributed by atoms with Gasteiger partial charge < -0.3 is 10.1 Å². The van der Waals surface area contributed by atoms with Gasteiger partial charge in [-0.1, -0.05) is 43.0 Å². The molecular weight excluding hydrogens is 462 g/mol. The number of fused-ring (bicyclic) bond motifs is 2. The highest BCUT2D eigenvalue weighted by molar-refractivity contribution is 5.79. The molecule has 0 unspecified atom stereocenters. The van der Waals surface area contributed by atoms with Gasteiger partial charge in [0.15, 0.2) is 5.82 Å². The van der Waals surface area contributed by atoms with Crippen LogP contribution in [0.3, 0.4) is 0 Å². The number of nitrogens with zero attached hydrogens (tertiary/aromatic N) is 6. The quantitative estimate of drug-likeness (QED) is 0.359. The lowest BCUT2D eigenvalue weighted by Gasteiger charge is -2.15. The first kappa shape index (κ1) is 22.1. The predicted molar refractivity (Wildman–Crippen MR) is 142 cm³/mol. The van der Waals surface area contributed by atoms with Gasteiger partial charge >= 0.3 is 0 Å². The third kappa shape index (κ3) is 3.94. The topological polar surface area (TPSA) is 90.1 Å². The zero-order valence-corrected chi connectivity index (χ0v) is 20.5. The minimum absolute atomic E-state index is 0.201. The molecule has 184 valence electrons. The fourth-order valence-electron chi connectivity index (χ4n) is 5.25. The van der Waals surface area contributed by atoms with E-state index in [1.54, 1.807) is 6.20 Å². The Morgan fingerprint density at radius 2 is 1.97 bits per heavy atom. The van der Waals surface area contributed by atoms with Gasteiger partial charge in [-0.05, 0) is 55.0 Å². The number of benzene rings is 2. The normalized spacial score (nSPS) is 18.3. The summed E-state index contributed by atoms with van der Waals surface area (Å²) in [5.74, 6) is 1.35. The molecule has 2 fully saturated rings. The van der Waals surface area contributed by atoms with Gasteiger partial charge in [0.05, 0.1) is 23.2 Å². The highest BCUT2D eigenvalue weighted by Gasteiger charge is 2.50. The SMILES string of the molecule is C=C(NC[C@@H]1CCCO1)c1ccc(-c2cnc3nnc(C4(c5ccc6ncccc6c5)CC4)n3n2)cc1. The second kappa shape index (κ2) is 8.74. The fourth-order valence-corrected chi connectivity index (χ4v) is 5.25. The zero-order valence-electron chi connectivity index (χ0n) is 20.5. The number of ether oxygens (including phenoxy) is 1. The first-order chi connectivity index (χ1) is 18.2. The van der Waals surface area contributed by atoms with Crippen LogP contribution < -0.4 is 5.32 Å². The maximum absolute atomic E-state index is 5.70. The Kier molecular flexibility index (Phi) is 5.21. The van der Waals surface area contributed by atoms with Crippen molar-refractivity contribution in [1.82, 2.24) is 35.1 Å². The molecule has 2 aromatic carbocycles. The number of pyridine rings is 1. The Morgan fingerprint density at radius 3 is 2.78 bits per heavy atom. The van der Waals surface area contributed by atoms with E-state index in [0.717, 1.165) is 78.1 Å². The molecule has 1 aliphatic heterocycles. The van der Waals surface area contributed by atoms with Crippen molar-refractivity contribution in [3.05, 3.63) is 90.5 Å². The van der Waals surface area contributed by atoms with E-state index in [1.165, 1.54) is 5.56 Å².